The standard InChI is InChI=1S/C7HF13O2.Na/c8-2(9,1(21)22)3(10,11)4(12,13)5(14,15)6(16,17)7(18,19)20;/h(H,21,22);/q;+1/p-1. The number of carbonyl (C=O) groups is 1. The molecule has 2 nitrogen and oxygen atoms in total. The number of halogens is 13. The van der Waals surface area contributed by atoms with Gasteiger partial charge in [-0.1, -0.05) is 0 Å². The van der Waals surface area contributed by atoms with Gasteiger partial charge >= 0.3 is 65.3 Å². The first-order chi connectivity index (χ1) is 9.19. The number of carbonyl (C=O) groups excluding carboxylic acids is 1. The van der Waals surface area contributed by atoms with Crippen LogP contribution < -0.4 is 34.7 Å². The van der Waals surface area contributed by atoms with E-state index in [4.69, 9.17) is 0 Å². The van der Waals surface area contributed by atoms with Crippen LogP contribution >= 0.6 is 0 Å². The third kappa shape index (κ3) is 3.23. The number of hydrogen-bond donors (Lipinski definition) is 0. The van der Waals surface area contributed by atoms with Gasteiger partial charge in [0.15, 0.2) is 0 Å². The van der Waals surface area contributed by atoms with Crippen molar-refractivity contribution in [3.63, 3.8) is 0 Å². The predicted octanol–water partition coefficient (Wildman–Crippen LogP) is -0.521. The molecular formula is C7F13NaO2. The smallest absolute Gasteiger partial charge is 0.544 e. The molecule has 0 rings (SSSR count). The Balaban J connectivity index is 0. The van der Waals surface area contributed by atoms with Crippen molar-refractivity contribution in [3.05, 3.63) is 0 Å². The van der Waals surface area contributed by atoms with Crippen molar-refractivity contribution in [2.24, 2.45) is 0 Å². The minimum absolute atomic E-state index is 0. The van der Waals surface area contributed by atoms with Crippen LogP contribution in [0.3, 0.4) is 0 Å². The molecule has 0 aromatic rings. The van der Waals surface area contributed by atoms with Crippen molar-refractivity contribution in [1.82, 2.24) is 0 Å². The van der Waals surface area contributed by atoms with Crippen LogP contribution in [0.1, 0.15) is 0 Å². The summed E-state index contributed by atoms with van der Waals surface area (Å²) >= 11 is 0. The molecule has 0 aromatic carbocycles. The molecular weight excluding hydrogens is 386 g/mol. The largest absolute Gasteiger partial charge is 1.00 e. The van der Waals surface area contributed by atoms with Gasteiger partial charge in [0.1, 0.15) is 5.97 Å². The molecule has 0 saturated heterocycles. The number of carboxylic acid groups (broad SMARTS) is 1. The van der Waals surface area contributed by atoms with Crippen LogP contribution in [0.4, 0.5) is 57.1 Å². The molecule has 0 N–H and O–H groups in total. The molecule has 0 heterocycles. The summed E-state index contributed by atoms with van der Waals surface area (Å²) in [5, 5.41) is 9.56. The van der Waals surface area contributed by atoms with Crippen LogP contribution in [-0.4, -0.2) is 41.8 Å². The van der Waals surface area contributed by atoms with E-state index >= 15 is 0 Å². The third-order valence-corrected chi connectivity index (χ3v) is 2.19. The van der Waals surface area contributed by atoms with Gasteiger partial charge in [-0.3, -0.25) is 0 Å². The van der Waals surface area contributed by atoms with Crippen molar-refractivity contribution in [2.45, 2.75) is 35.8 Å². The summed E-state index contributed by atoms with van der Waals surface area (Å²) in [4.78, 5) is 9.56. The van der Waals surface area contributed by atoms with Crippen LogP contribution in [0.15, 0.2) is 0 Å². The maximum atomic E-state index is 12.6. The second-order valence-corrected chi connectivity index (χ2v) is 3.66. The summed E-state index contributed by atoms with van der Waals surface area (Å²) in [5.41, 5.74) is 0. The van der Waals surface area contributed by atoms with Gasteiger partial charge < -0.3 is 9.90 Å². The van der Waals surface area contributed by atoms with Crippen LogP contribution in [-0.2, 0) is 4.79 Å². The molecule has 0 aromatic heterocycles. The fourth-order valence-electron chi connectivity index (χ4n) is 0.898. The van der Waals surface area contributed by atoms with Crippen LogP contribution in [0.5, 0.6) is 0 Å². The summed E-state index contributed by atoms with van der Waals surface area (Å²) in [6.45, 7) is 0. The van der Waals surface area contributed by atoms with E-state index in [-0.39, 0.29) is 29.6 Å². The quantitative estimate of drug-likeness (QED) is 0.472. The van der Waals surface area contributed by atoms with Gasteiger partial charge in [-0.25, -0.2) is 0 Å². The minimum Gasteiger partial charge on any atom is -0.544 e. The molecule has 0 bridgehead atoms. The molecule has 0 aliphatic heterocycles. The first-order valence-corrected chi connectivity index (χ1v) is 4.37. The SMILES string of the molecule is O=C([O-])C(F)(F)C(F)(F)C(F)(F)C(F)(F)C(F)(F)C(F)(F)F.[Na+]. The second-order valence-electron chi connectivity index (χ2n) is 3.66. The Bertz CT molecular complexity index is 454. The summed E-state index contributed by atoms with van der Waals surface area (Å²) in [6.07, 6.45) is -7.53. The Labute approximate surface area is 138 Å². The van der Waals surface area contributed by atoms with Crippen molar-refractivity contribution in [2.75, 3.05) is 0 Å². The molecule has 23 heavy (non-hydrogen) atoms. The molecule has 0 aliphatic carbocycles. The molecule has 16 heteroatoms. The maximum absolute atomic E-state index is 12.6. The number of rotatable bonds is 5. The Morgan fingerprint density at radius 1 is 0.565 bits per heavy atom. The van der Waals surface area contributed by atoms with Crippen LogP contribution in [0.2, 0.25) is 0 Å². The zero-order valence-corrected chi connectivity index (χ0v) is 12.2. The van der Waals surface area contributed by atoms with Crippen LogP contribution in [0, 0.1) is 0 Å². The summed E-state index contributed by atoms with van der Waals surface area (Å²) in [6, 6.07) is 0. The molecule has 0 radical (unpaired) electrons. The van der Waals surface area contributed by atoms with Gasteiger partial charge in [0.2, 0.25) is 0 Å². The van der Waals surface area contributed by atoms with Gasteiger partial charge in [0, 0.05) is 0 Å². The normalized spacial score (nSPS) is 15.2. The second kappa shape index (κ2) is 6.13. The topological polar surface area (TPSA) is 40.1 Å². The van der Waals surface area contributed by atoms with Crippen molar-refractivity contribution in [3.8, 4) is 0 Å². The fraction of sp³-hybridized carbons (Fsp3) is 0.857. The zero-order valence-electron chi connectivity index (χ0n) is 10.2. The number of alkyl halides is 13. The molecule has 0 unspecified atom stereocenters. The Morgan fingerprint density at radius 3 is 1.04 bits per heavy atom. The van der Waals surface area contributed by atoms with E-state index in [0.717, 1.165) is 0 Å². The van der Waals surface area contributed by atoms with E-state index in [9.17, 15) is 67.0 Å². The van der Waals surface area contributed by atoms with E-state index < -0.39 is 41.8 Å². The number of carboxylic acids is 1. The Morgan fingerprint density at radius 2 is 0.826 bits per heavy atom. The average molecular weight is 386 g/mol. The zero-order chi connectivity index (χ0) is 18.6. The van der Waals surface area contributed by atoms with E-state index in [2.05, 4.69) is 0 Å². The minimum atomic E-state index is -8.11. The molecule has 0 spiro atoms. The number of hydrogen-bond acceptors (Lipinski definition) is 2. The molecule has 0 atom stereocenters. The first-order valence-electron chi connectivity index (χ1n) is 4.37. The van der Waals surface area contributed by atoms with Crippen molar-refractivity contribution >= 4 is 5.97 Å². The van der Waals surface area contributed by atoms with Gasteiger partial charge in [0.05, 0.1) is 0 Å². The molecule has 132 valence electrons. The van der Waals surface area contributed by atoms with Crippen molar-refractivity contribution < 1.29 is 96.5 Å². The van der Waals surface area contributed by atoms with Crippen molar-refractivity contribution in [1.29, 1.82) is 0 Å². The Hall–Kier alpha value is -0.440. The average Bonchev–Trinajstić information content (AvgIpc) is 2.25. The van der Waals surface area contributed by atoms with E-state index in [1.54, 1.807) is 0 Å². The Kier molecular flexibility index (Phi) is 6.61. The molecule has 0 amide bonds. The summed E-state index contributed by atoms with van der Waals surface area (Å²) in [5.74, 6) is -43.5. The van der Waals surface area contributed by atoms with Gasteiger partial charge in [-0.2, -0.15) is 57.1 Å². The fourth-order valence-corrected chi connectivity index (χ4v) is 0.898. The van der Waals surface area contributed by atoms with Gasteiger partial charge in [0.25, 0.3) is 0 Å². The first kappa shape index (κ1) is 24.8. The summed E-state index contributed by atoms with van der Waals surface area (Å²) < 4.78 is 159. The predicted molar refractivity (Wildman–Crippen MR) is 35.8 cm³/mol. The van der Waals surface area contributed by atoms with Crippen LogP contribution in [0.25, 0.3) is 0 Å². The van der Waals surface area contributed by atoms with Gasteiger partial charge in [-0.05, 0) is 0 Å². The molecule has 0 fully saturated rings. The van der Waals surface area contributed by atoms with E-state index in [0.29, 0.717) is 0 Å². The number of aliphatic carboxylic acids is 1. The maximum Gasteiger partial charge on any atom is 1.00 e. The van der Waals surface area contributed by atoms with E-state index in [1.807, 2.05) is 0 Å². The monoisotopic (exact) mass is 386 g/mol. The van der Waals surface area contributed by atoms with E-state index in [1.165, 1.54) is 0 Å². The molecule has 0 aliphatic rings. The molecule has 0 saturated carbocycles. The third-order valence-electron chi connectivity index (χ3n) is 2.19. The summed E-state index contributed by atoms with van der Waals surface area (Å²) in [7, 11) is 0. The van der Waals surface area contributed by atoms with Gasteiger partial charge in [-0.15, -0.1) is 0 Å².